The lowest BCUT2D eigenvalue weighted by atomic mass is 9.79. The van der Waals surface area contributed by atoms with E-state index in [1.807, 2.05) is 6.92 Å². The van der Waals surface area contributed by atoms with Crippen molar-refractivity contribution in [2.45, 2.75) is 69.3 Å². The third kappa shape index (κ3) is 7.77. The van der Waals surface area contributed by atoms with Crippen LogP contribution in [0, 0.1) is 32.1 Å². The molecular weight excluding hydrogens is 718 g/mol. The Morgan fingerprint density at radius 2 is 1.68 bits per heavy atom. The minimum atomic E-state index is -0.972. The summed E-state index contributed by atoms with van der Waals surface area (Å²) in [6.07, 6.45) is -2.79. The standard InChI is InChI=1S/C33H35N7O12S/c1-17-27-26(18(2)41)30(42)38(27)28(31(43)49-14-19-3-7-21(8-4-19)39(45)46)29(17)53-24-11-25(32-50-16-23(52-32)12-35-36-34)37(13-24)33(44)51-15-20-5-9-22(10-6-20)40(47)48/h3-10,17-18,23-27,32,41H,11-16H2,1-2H3/t17-,18-,23?,24+,25+,26-,27-,32?/m1/s1. The van der Waals surface area contributed by atoms with E-state index in [0.717, 1.165) is 0 Å². The number of nitrogens with zero attached hydrogens (tertiary/aromatic N) is 7. The number of carbonyl (C=O) groups is 3. The van der Waals surface area contributed by atoms with Crippen LogP contribution in [0.5, 0.6) is 0 Å². The van der Waals surface area contributed by atoms with Crippen LogP contribution in [-0.2, 0) is 41.8 Å². The molecule has 0 aliphatic carbocycles. The van der Waals surface area contributed by atoms with Crippen LogP contribution in [0.1, 0.15) is 31.4 Å². The number of likely N-dealkylation sites (tertiary alicyclic amines) is 1. The zero-order chi connectivity index (χ0) is 38.0. The van der Waals surface area contributed by atoms with Crippen LogP contribution in [0.15, 0.2) is 64.2 Å². The molecule has 3 saturated heterocycles. The third-order valence-corrected chi connectivity index (χ3v) is 11.1. The zero-order valence-corrected chi connectivity index (χ0v) is 29.3. The molecule has 3 fully saturated rings. The van der Waals surface area contributed by atoms with Crippen molar-refractivity contribution >= 4 is 41.1 Å². The fourth-order valence-corrected chi connectivity index (χ4v) is 8.53. The van der Waals surface area contributed by atoms with Crippen molar-refractivity contribution in [3.05, 3.63) is 101 Å². The lowest BCUT2D eigenvalue weighted by Crippen LogP contribution is -2.63. The van der Waals surface area contributed by atoms with Gasteiger partial charge in [-0.25, -0.2) is 9.59 Å². The van der Waals surface area contributed by atoms with E-state index in [1.165, 1.54) is 77.0 Å². The zero-order valence-electron chi connectivity index (χ0n) is 28.5. The number of β-lactam (4-membered cyclic amide) rings is 1. The summed E-state index contributed by atoms with van der Waals surface area (Å²) in [4.78, 5) is 67.7. The number of amides is 2. The molecule has 4 heterocycles. The van der Waals surface area contributed by atoms with Crippen molar-refractivity contribution in [1.82, 2.24) is 9.80 Å². The smallest absolute Gasteiger partial charge is 0.410 e. The number of hydrogen-bond acceptors (Lipinski definition) is 14. The Kier molecular flexibility index (Phi) is 11.2. The van der Waals surface area contributed by atoms with Gasteiger partial charge in [0, 0.05) is 51.8 Å². The Morgan fingerprint density at radius 3 is 2.25 bits per heavy atom. The molecule has 1 N–H and O–H groups in total. The molecule has 0 saturated carbocycles. The molecule has 0 aromatic heterocycles. The summed E-state index contributed by atoms with van der Waals surface area (Å²) >= 11 is 1.30. The number of non-ortho nitro benzene ring substituents is 2. The Labute approximate surface area is 305 Å². The monoisotopic (exact) mass is 753 g/mol. The quantitative estimate of drug-likeness (QED) is 0.0574. The molecule has 6 rings (SSSR count). The number of ether oxygens (including phenoxy) is 4. The lowest BCUT2D eigenvalue weighted by molar-refractivity contribution is -0.385. The molecule has 53 heavy (non-hydrogen) atoms. The number of nitro groups is 2. The number of azide groups is 1. The number of fused-ring (bicyclic) bond motifs is 1. The van der Waals surface area contributed by atoms with E-state index in [-0.39, 0.29) is 61.1 Å². The number of hydrogen-bond donors (Lipinski definition) is 1. The van der Waals surface area contributed by atoms with E-state index in [2.05, 4.69) is 10.0 Å². The molecule has 2 aromatic rings. The summed E-state index contributed by atoms with van der Waals surface area (Å²) in [5.41, 5.74) is 9.58. The van der Waals surface area contributed by atoms with Crippen LogP contribution in [0.25, 0.3) is 10.4 Å². The highest BCUT2D eigenvalue weighted by Gasteiger charge is 2.61. The summed E-state index contributed by atoms with van der Waals surface area (Å²) in [7, 11) is 0. The van der Waals surface area contributed by atoms with Gasteiger partial charge in [-0.1, -0.05) is 12.0 Å². The van der Waals surface area contributed by atoms with E-state index in [4.69, 9.17) is 24.5 Å². The molecule has 280 valence electrons. The van der Waals surface area contributed by atoms with Gasteiger partial charge in [0.15, 0.2) is 6.29 Å². The van der Waals surface area contributed by atoms with Gasteiger partial charge >= 0.3 is 12.1 Å². The van der Waals surface area contributed by atoms with Gasteiger partial charge in [0.05, 0.1) is 53.2 Å². The number of thioether (sulfide) groups is 1. The number of aliphatic hydroxyl groups is 1. The molecule has 4 aliphatic rings. The maximum absolute atomic E-state index is 13.7. The SMILES string of the molecule is C[C@@H](O)[C@H]1C(=O)N2C(C(=O)OCc3ccc([N+](=O)[O-])cc3)=C(S[C@H]3C[C@@H](C4OCC(CN=[N+]=[N-])O4)N(C(=O)OCc4ccc([N+](=O)[O-])cc4)C3)[C@H](C)[C@H]12. The predicted molar refractivity (Wildman–Crippen MR) is 183 cm³/mol. The molecule has 0 bridgehead atoms. The number of rotatable bonds is 13. The van der Waals surface area contributed by atoms with Crippen molar-refractivity contribution in [1.29, 1.82) is 0 Å². The first-order valence-corrected chi connectivity index (χ1v) is 17.5. The van der Waals surface area contributed by atoms with Crippen molar-refractivity contribution < 1.29 is 48.3 Å². The number of carbonyl (C=O) groups excluding carboxylic acids is 3. The predicted octanol–water partition coefficient (Wildman–Crippen LogP) is 4.18. The van der Waals surface area contributed by atoms with Gasteiger partial charge in [-0.15, -0.1) is 11.8 Å². The highest BCUT2D eigenvalue weighted by Crippen LogP contribution is 2.53. The molecule has 4 aliphatic heterocycles. The highest BCUT2D eigenvalue weighted by molar-refractivity contribution is 8.03. The average molecular weight is 754 g/mol. The summed E-state index contributed by atoms with van der Waals surface area (Å²) in [6.45, 7) is 3.25. The minimum absolute atomic E-state index is 0.0218. The molecular formula is C33H35N7O12S. The second-order valence-electron chi connectivity index (χ2n) is 13.0. The number of esters is 1. The van der Waals surface area contributed by atoms with Crippen LogP contribution < -0.4 is 0 Å². The second kappa shape index (κ2) is 15.8. The van der Waals surface area contributed by atoms with Gasteiger partial charge in [0.2, 0.25) is 5.91 Å². The average Bonchev–Trinajstić information content (AvgIpc) is 3.84. The Hall–Kier alpha value is -5.27. The van der Waals surface area contributed by atoms with Crippen LogP contribution in [-0.4, -0.2) is 98.3 Å². The fraction of sp³-hybridized carbons (Fsp3) is 0.485. The molecule has 19 nitrogen and oxygen atoms in total. The number of benzene rings is 2. The Balaban J connectivity index is 1.22. The van der Waals surface area contributed by atoms with Crippen LogP contribution in [0.3, 0.4) is 0 Å². The summed E-state index contributed by atoms with van der Waals surface area (Å²) in [5.74, 6) is -2.33. The van der Waals surface area contributed by atoms with E-state index in [1.54, 1.807) is 0 Å². The summed E-state index contributed by atoms with van der Waals surface area (Å²) in [6, 6.07) is 9.92. The molecule has 2 amide bonds. The van der Waals surface area contributed by atoms with Gasteiger partial charge in [0.1, 0.15) is 18.9 Å². The number of aliphatic hydroxyl groups excluding tert-OH is 1. The van der Waals surface area contributed by atoms with E-state index >= 15 is 0 Å². The first-order chi connectivity index (χ1) is 25.4. The molecule has 2 aromatic carbocycles. The largest absolute Gasteiger partial charge is 0.456 e. The summed E-state index contributed by atoms with van der Waals surface area (Å²) in [5, 5.41) is 35.7. The second-order valence-corrected chi connectivity index (χ2v) is 14.4. The first kappa shape index (κ1) is 37.5. The van der Waals surface area contributed by atoms with E-state index < -0.39 is 64.3 Å². The Morgan fingerprint density at radius 1 is 1.08 bits per heavy atom. The molecule has 2 unspecified atom stereocenters. The van der Waals surface area contributed by atoms with Gasteiger partial charge in [-0.05, 0) is 54.3 Å². The molecule has 8 atom stereocenters. The molecule has 20 heteroatoms. The minimum Gasteiger partial charge on any atom is -0.456 e. The Bertz CT molecular complexity index is 1850. The normalized spacial score (nSPS) is 26.8. The van der Waals surface area contributed by atoms with Gasteiger partial charge in [0.25, 0.3) is 11.4 Å². The van der Waals surface area contributed by atoms with Crippen LogP contribution >= 0.6 is 11.8 Å². The maximum Gasteiger partial charge on any atom is 0.410 e. The topological polar surface area (TPSA) is 250 Å². The summed E-state index contributed by atoms with van der Waals surface area (Å²) < 4.78 is 23.1. The molecule has 0 spiro atoms. The van der Waals surface area contributed by atoms with Crippen molar-refractivity contribution in [3.8, 4) is 0 Å². The lowest BCUT2D eigenvalue weighted by Gasteiger charge is -2.46. The molecule has 0 radical (unpaired) electrons. The number of nitro benzene ring substituents is 2. The first-order valence-electron chi connectivity index (χ1n) is 16.6. The fourth-order valence-electron chi connectivity index (χ4n) is 7.00. The van der Waals surface area contributed by atoms with Gasteiger partial charge in [-0.3, -0.25) is 29.9 Å². The van der Waals surface area contributed by atoms with Crippen LogP contribution in [0.4, 0.5) is 16.2 Å². The van der Waals surface area contributed by atoms with Crippen molar-refractivity contribution in [2.24, 2.45) is 17.0 Å². The highest BCUT2D eigenvalue weighted by atomic mass is 32.2. The van der Waals surface area contributed by atoms with Crippen molar-refractivity contribution in [3.63, 3.8) is 0 Å². The third-order valence-electron chi connectivity index (χ3n) is 9.60. The van der Waals surface area contributed by atoms with Crippen molar-refractivity contribution in [2.75, 3.05) is 19.7 Å². The van der Waals surface area contributed by atoms with Crippen LogP contribution in [0.2, 0.25) is 0 Å². The van der Waals surface area contributed by atoms with Gasteiger partial charge < -0.3 is 29.0 Å². The van der Waals surface area contributed by atoms with Gasteiger partial charge in [-0.2, -0.15) is 0 Å². The van der Waals surface area contributed by atoms with E-state index in [9.17, 15) is 39.7 Å². The van der Waals surface area contributed by atoms with E-state index in [0.29, 0.717) is 22.5 Å². The maximum atomic E-state index is 13.7.